The van der Waals surface area contributed by atoms with E-state index in [1.165, 1.54) is 0 Å². The zero-order valence-corrected chi connectivity index (χ0v) is 12.2. The fourth-order valence-corrected chi connectivity index (χ4v) is 1.38. The van der Waals surface area contributed by atoms with Crippen LogP contribution < -0.4 is 0 Å². The Labute approximate surface area is 138 Å². The van der Waals surface area contributed by atoms with Gasteiger partial charge in [0.15, 0.2) is 0 Å². The molecule has 0 aliphatic heterocycles. The second-order valence-electron chi connectivity index (χ2n) is 4.81. The Kier molecular flexibility index (Phi) is 6.07. The van der Waals surface area contributed by atoms with Crippen LogP contribution in [0.4, 0.5) is 65.9 Å². The van der Waals surface area contributed by atoms with Gasteiger partial charge in [-0.15, -0.1) is 0 Å². The summed E-state index contributed by atoms with van der Waals surface area (Å²) in [5.74, 6) is -51.0. The third-order valence-electron chi connectivity index (χ3n) is 2.96. The molecule has 0 aliphatic carbocycles. The van der Waals surface area contributed by atoms with Crippen LogP contribution in [-0.2, 0) is 4.79 Å². The van der Waals surface area contributed by atoms with Crippen molar-refractivity contribution >= 4 is 5.78 Å². The van der Waals surface area contributed by atoms with Crippen LogP contribution in [0.2, 0.25) is 0 Å². The van der Waals surface area contributed by atoms with Gasteiger partial charge in [0.05, 0.1) is 0 Å². The van der Waals surface area contributed by atoms with Gasteiger partial charge >= 0.3 is 41.7 Å². The molecule has 0 unspecified atom stereocenters. The van der Waals surface area contributed by atoms with Gasteiger partial charge in [0, 0.05) is 0 Å². The highest BCUT2D eigenvalue weighted by Gasteiger charge is 2.93. The molecule has 27 heavy (non-hydrogen) atoms. The molecule has 0 aromatic heterocycles. The number of carbonyl (C=O) groups is 1. The number of alkyl halides is 15. The van der Waals surface area contributed by atoms with Crippen LogP contribution >= 0.6 is 0 Å². The molecule has 0 amide bonds. The maximum absolute atomic E-state index is 13.2. The van der Waals surface area contributed by atoms with Crippen LogP contribution in [-0.4, -0.2) is 47.5 Å². The van der Waals surface area contributed by atoms with Gasteiger partial charge in [-0.2, -0.15) is 65.9 Å². The van der Waals surface area contributed by atoms with E-state index in [-0.39, 0.29) is 6.08 Å². The third kappa shape index (κ3) is 3.23. The molecule has 0 rings (SSSR count). The van der Waals surface area contributed by atoms with Gasteiger partial charge in [0.1, 0.15) is 0 Å². The van der Waals surface area contributed by atoms with Crippen molar-refractivity contribution in [2.45, 2.75) is 48.6 Å². The lowest BCUT2D eigenvalue weighted by Gasteiger charge is -2.41. The number of rotatable bonds is 7. The first kappa shape index (κ1) is 25.4. The monoisotopic (exact) mass is 438 g/mol. The van der Waals surface area contributed by atoms with E-state index in [9.17, 15) is 70.7 Å². The molecule has 1 nitrogen and oxygen atoms in total. The number of hydrogen-bond donors (Lipinski definition) is 0. The molecule has 16 heteroatoms. The topological polar surface area (TPSA) is 17.1 Å². The fraction of sp³-hybridized carbons (Fsp3) is 0.727. The van der Waals surface area contributed by atoms with Crippen molar-refractivity contribution in [3.8, 4) is 0 Å². The molecular formula is C11H5F15O. The van der Waals surface area contributed by atoms with Crippen molar-refractivity contribution in [3.63, 3.8) is 0 Å². The molecule has 160 valence electrons. The molecule has 0 radical (unpaired) electrons. The number of carbonyl (C=O) groups excluding carboxylic acids is 1. The Morgan fingerprint density at radius 2 is 0.852 bits per heavy atom. The average molecular weight is 438 g/mol. The predicted octanol–water partition coefficient (Wildman–Crippen LogP) is 5.51. The normalized spacial score (nSPS) is 16.1. The van der Waals surface area contributed by atoms with E-state index in [1.807, 2.05) is 0 Å². The van der Waals surface area contributed by atoms with Gasteiger partial charge in [-0.05, 0) is 13.0 Å². The highest BCUT2D eigenvalue weighted by atomic mass is 19.4. The molecule has 0 N–H and O–H groups in total. The minimum absolute atomic E-state index is 0.203. The van der Waals surface area contributed by atoms with E-state index >= 15 is 0 Å². The molecule has 0 fully saturated rings. The largest absolute Gasteiger partial charge is 0.460 e. The molecular weight excluding hydrogens is 433 g/mol. The Hall–Kier alpha value is -1.64. The maximum Gasteiger partial charge on any atom is 0.460 e. The first-order valence-electron chi connectivity index (χ1n) is 5.99. The molecule has 0 aromatic carbocycles. The highest BCUT2D eigenvalue weighted by Crippen LogP contribution is 2.62. The van der Waals surface area contributed by atoms with Crippen molar-refractivity contribution < 1.29 is 70.7 Å². The number of halogens is 15. The zero-order valence-electron chi connectivity index (χ0n) is 12.2. The maximum atomic E-state index is 13.2. The van der Waals surface area contributed by atoms with Gasteiger partial charge < -0.3 is 0 Å². The van der Waals surface area contributed by atoms with E-state index in [0.29, 0.717) is 6.92 Å². The van der Waals surface area contributed by atoms with Crippen LogP contribution in [0.5, 0.6) is 0 Å². The van der Waals surface area contributed by atoms with Crippen LogP contribution in [0.1, 0.15) is 6.92 Å². The Balaban J connectivity index is 6.60. The van der Waals surface area contributed by atoms with Crippen molar-refractivity contribution in [2.75, 3.05) is 0 Å². The van der Waals surface area contributed by atoms with Gasteiger partial charge in [0.25, 0.3) is 0 Å². The number of hydrogen-bond acceptors (Lipinski definition) is 1. The van der Waals surface area contributed by atoms with E-state index in [0.717, 1.165) is 0 Å². The Morgan fingerprint density at radius 1 is 0.556 bits per heavy atom. The minimum atomic E-state index is -8.39. The number of ketones is 1. The molecule has 0 spiro atoms. The second-order valence-corrected chi connectivity index (χ2v) is 4.81. The van der Waals surface area contributed by atoms with E-state index in [1.54, 1.807) is 0 Å². The van der Waals surface area contributed by atoms with Gasteiger partial charge in [-0.1, -0.05) is 6.08 Å². The van der Waals surface area contributed by atoms with E-state index in [2.05, 4.69) is 0 Å². The summed E-state index contributed by atoms with van der Waals surface area (Å²) in [5, 5.41) is 0. The lowest BCUT2D eigenvalue weighted by atomic mass is 9.89. The Morgan fingerprint density at radius 3 is 1.15 bits per heavy atom. The Bertz CT molecular complexity index is 597. The standard InChI is InChI=1S/C11H5F15O/c1-2-3-4(27)5(12,13)6(14,15)7(16,17)8(18,19)9(20,21)10(22,23)11(24,25)26/h2-3H,1H3/b3-2+. The van der Waals surface area contributed by atoms with Gasteiger partial charge in [-0.25, -0.2) is 0 Å². The number of allylic oxidation sites excluding steroid dienone is 2. The van der Waals surface area contributed by atoms with Crippen molar-refractivity contribution in [3.05, 3.63) is 12.2 Å². The quantitative estimate of drug-likeness (QED) is 0.379. The summed E-state index contributed by atoms with van der Waals surface area (Å²) in [6.07, 6.45) is -8.03. The molecule has 0 aliphatic rings. The zero-order chi connectivity index (χ0) is 22.5. The van der Waals surface area contributed by atoms with Gasteiger partial charge in [0.2, 0.25) is 5.78 Å². The summed E-state index contributed by atoms with van der Waals surface area (Å²) in [7, 11) is 0. The minimum Gasteiger partial charge on any atom is -0.288 e. The first-order chi connectivity index (χ1) is 11.5. The summed E-state index contributed by atoms with van der Waals surface area (Å²) in [4.78, 5) is 10.7. The lowest BCUT2D eigenvalue weighted by molar-refractivity contribution is -0.449. The van der Waals surface area contributed by atoms with E-state index < -0.39 is 53.6 Å². The van der Waals surface area contributed by atoms with Crippen LogP contribution in [0, 0.1) is 0 Å². The van der Waals surface area contributed by atoms with Crippen molar-refractivity contribution in [1.82, 2.24) is 0 Å². The molecule has 0 bridgehead atoms. The summed E-state index contributed by atoms with van der Waals surface area (Å²) in [6, 6.07) is 0. The summed E-state index contributed by atoms with van der Waals surface area (Å²) < 4.78 is 191. The molecule has 0 aromatic rings. The summed E-state index contributed by atoms with van der Waals surface area (Å²) in [6.45, 7) is 0.664. The smallest absolute Gasteiger partial charge is 0.288 e. The van der Waals surface area contributed by atoms with Crippen LogP contribution in [0.25, 0.3) is 0 Å². The average Bonchev–Trinajstić information content (AvgIpc) is 2.45. The molecule has 0 atom stereocenters. The first-order valence-corrected chi connectivity index (χ1v) is 5.99. The molecule has 0 saturated heterocycles. The molecule has 0 heterocycles. The molecule has 0 saturated carbocycles. The SMILES string of the molecule is C/C=C/C(=O)C(F)(F)C(F)(F)C(F)(F)C(F)(F)C(F)(F)C(F)(F)C(F)(F)F. The van der Waals surface area contributed by atoms with Crippen LogP contribution in [0.3, 0.4) is 0 Å². The summed E-state index contributed by atoms with van der Waals surface area (Å²) >= 11 is 0. The summed E-state index contributed by atoms with van der Waals surface area (Å²) in [5.41, 5.74) is 0. The third-order valence-corrected chi connectivity index (χ3v) is 2.96. The van der Waals surface area contributed by atoms with E-state index in [4.69, 9.17) is 0 Å². The lowest BCUT2D eigenvalue weighted by Crippen LogP contribution is -2.73. The van der Waals surface area contributed by atoms with Crippen molar-refractivity contribution in [2.24, 2.45) is 0 Å². The highest BCUT2D eigenvalue weighted by molar-refractivity contribution is 5.96. The van der Waals surface area contributed by atoms with Crippen molar-refractivity contribution in [1.29, 1.82) is 0 Å². The second kappa shape index (κ2) is 6.46. The van der Waals surface area contributed by atoms with Crippen LogP contribution in [0.15, 0.2) is 12.2 Å². The fourth-order valence-electron chi connectivity index (χ4n) is 1.38. The van der Waals surface area contributed by atoms with Gasteiger partial charge in [-0.3, -0.25) is 4.79 Å². The predicted molar refractivity (Wildman–Crippen MR) is 55.6 cm³/mol.